The van der Waals surface area contributed by atoms with E-state index in [2.05, 4.69) is 26.1 Å². The van der Waals surface area contributed by atoms with Crippen LogP contribution in [0.4, 0.5) is 0 Å². The Morgan fingerprint density at radius 2 is 1.75 bits per heavy atom. The predicted octanol–water partition coefficient (Wildman–Crippen LogP) is 2.45. The van der Waals surface area contributed by atoms with E-state index in [1.54, 1.807) is 7.11 Å². The molecule has 0 rings (SSSR count). The fraction of sp³-hybridized carbons (Fsp3) is 1.00. The van der Waals surface area contributed by atoms with Gasteiger partial charge in [0.15, 0.2) is 0 Å². The van der Waals surface area contributed by atoms with E-state index < -0.39 is 0 Å². The van der Waals surface area contributed by atoms with E-state index in [1.807, 2.05) is 6.92 Å². The summed E-state index contributed by atoms with van der Waals surface area (Å²) in [6.45, 7) is 11.2. The van der Waals surface area contributed by atoms with Gasteiger partial charge in [0.2, 0.25) is 0 Å². The van der Waals surface area contributed by atoms with E-state index in [-0.39, 0.29) is 6.10 Å². The Balaban J connectivity index is 3.30. The van der Waals surface area contributed by atoms with Crippen LogP contribution < -0.4 is 5.32 Å². The molecule has 0 aliphatic carbocycles. The molecule has 0 heterocycles. The maximum Gasteiger partial charge on any atom is 0.0780 e. The maximum absolute atomic E-state index is 5.57. The fourth-order valence-electron chi connectivity index (χ4n) is 1.53. The van der Waals surface area contributed by atoms with Gasteiger partial charge < -0.3 is 14.8 Å². The van der Waals surface area contributed by atoms with Crippen molar-refractivity contribution in [2.24, 2.45) is 5.92 Å². The van der Waals surface area contributed by atoms with Crippen molar-refractivity contribution in [3.05, 3.63) is 0 Å². The lowest BCUT2D eigenvalue weighted by atomic mass is 10.0. The quantitative estimate of drug-likeness (QED) is 0.586. The number of methoxy groups -OCH3 is 1. The van der Waals surface area contributed by atoms with Crippen LogP contribution in [-0.2, 0) is 9.47 Å². The molecular formula is C13H29NO2. The number of nitrogens with one attached hydrogen (secondary N) is 1. The number of ether oxygens (including phenoxy) is 2. The third-order valence-electron chi connectivity index (χ3n) is 2.58. The fourth-order valence-corrected chi connectivity index (χ4v) is 1.53. The summed E-state index contributed by atoms with van der Waals surface area (Å²) < 4.78 is 10.6. The van der Waals surface area contributed by atoms with Crippen LogP contribution in [0.3, 0.4) is 0 Å². The molecule has 0 aliphatic rings. The highest BCUT2D eigenvalue weighted by molar-refractivity contribution is 4.61. The molecule has 1 N–H and O–H groups in total. The Hall–Kier alpha value is -0.120. The zero-order chi connectivity index (χ0) is 12.4. The Bertz CT molecular complexity index is 151. The van der Waals surface area contributed by atoms with Crippen LogP contribution in [0.1, 0.15) is 40.5 Å². The van der Waals surface area contributed by atoms with E-state index in [0.29, 0.717) is 12.6 Å². The van der Waals surface area contributed by atoms with Crippen molar-refractivity contribution in [2.45, 2.75) is 52.7 Å². The zero-order valence-corrected chi connectivity index (χ0v) is 11.6. The molecule has 0 saturated heterocycles. The van der Waals surface area contributed by atoms with E-state index in [9.17, 15) is 0 Å². The number of hydrogen-bond donors (Lipinski definition) is 1. The largest absolute Gasteiger partial charge is 0.382 e. The van der Waals surface area contributed by atoms with Gasteiger partial charge in [0, 0.05) is 19.7 Å². The third kappa shape index (κ3) is 10.4. The molecule has 0 aliphatic heterocycles. The second kappa shape index (κ2) is 10.1. The smallest absolute Gasteiger partial charge is 0.0780 e. The SMILES string of the molecule is COCC(C)OCCNC(C)CCC(C)C. The van der Waals surface area contributed by atoms with Crippen molar-refractivity contribution in [1.82, 2.24) is 5.32 Å². The predicted molar refractivity (Wildman–Crippen MR) is 68.8 cm³/mol. The average molecular weight is 231 g/mol. The van der Waals surface area contributed by atoms with E-state index in [0.717, 1.165) is 19.1 Å². The summed E-state index contributed by atoms with van der Waals surface area (Å²) in [5, 5.41) is 3.47. The van der Waals surface area contributed by atoms with Crippen LogP contribution in [0.5, 0.6) is 0 Å². The second-order valence-electron chi connectivity index (χ2n) is 4.96. The Morgan fingerprint density at radius 1 is 1.06 bits per heavy atom. The van der Waals surface area contributed by atoms with Crippen molar-refractivity contribution >= 4 is 0 Å². The standard InChI is InChI=1S/C13H29NO2/c1-11(2)6-7-12(3)14-8-9-16-13(4)10-15-5/h11-14H,6-10H2,1-5H3. The minimum Gasteiger partial charge on any atom is -0.382 e. The van der Waals surface area contributed by atoms with Crippen LogP contribution >= 0.6 is 0 Å². The van der Waals surface area contributed by atoms with Crippen LogP contribution in [0.25, 0.3) is 0 Å². The lowest BCUT2D eigenvalue weighted by molar-refractivity contribution is 0.0101. The van der Waals surface area contributed by atoms with E-state index in [1.165, 1.54) is 12.8 Å². The minimum atomic E-state index is 0.192. The van der Waals surface area contributed by atoms with Crippen molar-refractivity contribution < 1.29 is 9.47 Å². The molecule has 16 heavy (non-hydrogen) atoms. The zero-order valence-electron chi connectivity index (χ0n) is 11.6. The number of rotatable bonds is 10. The molecule has 0 fully saturated rings. The Kier molecular flexibility index (Phi) is 9.99. The molecule has 0 amide bonds. The van der Waals surface area contributed by atoms with Gasteiger partial charge in [0.25, 0.3) is 0 Å². The molecule has 0 aromatic carbocycles. The first-order valence-electron chi connectivity index (χ1n) is 6.40. The van der Waals surface area contributed by atoms with Gasteiger partial charge in [0.1, 0.15) is 0 Å². The van der Waals surface area contributed by atoms with Gasteiger partial charge in [-0.2, -0.15) is 0 Å². The minimum absolute atomic E-state index is 0.192. The second-order valence-corrected chi connectivity index (χ2v) is 4.96. The summed E-state index contributed by atoms with van der Waals surface area (Å²) in [5.74, 6) is 0.794. The lowest BCUT2D eigenvalue weighted by Crippen LogP contribution is -2.31. The molecule has 0 radical (unpaired) electrons. The highest BCUT2D eigenvalue weighted by Gasteiger charge is 2.04. The molecule has 2 unspecified atom stereocenters. The molecule has 3 nitrogen and oxygen atoms in total. The first-order valence-corrected chi connectivity index (χ1v) is 6.40. The molecule has 3 heteroatoms. The first-order chi connectivity index (χ1) is 7.56. The van der Waals surface area contributed by atoms with Gasteiger partial charge in [-0.05, 0) is 32.6 Å². The van der Waals surface area contributed by atoms with Crippen LogP contribution in [0, 0.1) is 5.92 Å². The van der Waals surface area contributed by atoms with Crippen LogP contribution in [-0.4, -0.2) is 39.0 Å². The van der Waals surface area contributed by atoms with Crippen LogP contribution in [0.15, 0.2) is 0 Å². The van der Waals surface area contributed by atoms with Gasteiger partial charge >= 0.3 is 0 Å². The van der Waals surface area contributed by atoms with Crippen LogP contribution in [0.2, 0.25) is 0 Å². The highest BCUT2D eigenvalue weighted by Crippen LogP contribution is 2.05. The first kappa shape index (κ1) is 15.9. The van der Waals surface area contributed by atoms with Gasteiger partial charge in [-0.3, -0.25) is 0 Å². The van der Waals surface area contributed by atoms with Gasteiger partial charge in [0.05, 0.1) is 19.3 Å². The van der Waals surface area contributed by atoms with Gasteiger partial charge in [-0.15, -0.1) is 0 Å². The molecule has 0 spiro atoms. The molecule has 0 aromatic rings. The van der Waals surface area contributed by atoms with Crippen molar-refractivity contribution in [2.75, 3.05) is 26.9 Å². The van der Waals surface area contributed by atoms with E-state index >= 15 is 0 Å². The van der Waals surface area contributed by atoms with Gasteiger partial charge in [-0.1, -0.05) is 13.8 Å². The Labute approximate surface area is 101 Å². The summed E-state index contributed by atoms with van der Waals surface area (Å²) in [5.41, 5.74) is 0. The molecule has 0 saturated carbocycles. The lowest BCUT2D eigenvalue weighted by Gasteiger charge is -2.16. The topological polar surface area (TPSA) is 30.5 Å². The molecule has 2 atom stereocenters. The van der Waals surface area contributed by atoms with Crippen molar-refractivity contribution in [3.8, 4) is 0 Å². The van der Waals surface area contributed by atoms with Gasteiger partial charge in [-0.25, -0.2) is 0 Å². The van der Waals surface area contributed by atoms with Crippen molar-refractivity contribution in [1.29, 1.82) is 0 Å². The molecule has 0 aromatic heterocycles. The molecule has 0 bridgehead atoms. The number of hydrogen-bond acceptors (Lipinski definition) is 3. The summed E-state index contributed by atoms with van der Waals surface area (Å²) in [7, 11) is 1.70. The van der Waals surface area contributed by atoms with Crippen molar-refractivity contribution in [3.63, 3.8) is 0 Å². The summed E-state index contributed by atoms with van der Waals surface area (Å²) in [6.07, 6.45) is 2.72. The highest BCUT2D eigenvalue weighted by atomic mass is 16.5. The van der Waals surface area contributed by atoms with E-state index in [4.69, 9.17) is 9.47 Å². The average Bonchev–Trinajstić information content (AvgIpc) is 2.22. The monoisotopic (exact) mass is 231 g/mol. The summed E-state index contributed by atoms with van der Waals surface area (Å²) in [6, 6.07) is 0.587. The maximum atomic E-state index is 5.57. The normalized spacial score (nSPS) is 15.4. The Morgan fingerprint density at radius 3 is 2.31 bits per heavy atom. The molecular weight excluding hydrogens is 202 g/mol. The molecule has 98 valence electrons. The summed E-state index contributed by atoms with van der Waals surface area (Å²) in [4.78, 5) is 0. The third-order valence-corrected chi connectivity index (χ3v) is 2.58. The summed E-state index contributed by atoms with van der Waals surface area (Å²) >= 11 is 0.